The summed E-state index contributed by atoms with van der Waals surface area (Å²) in [5.41, 5.74) is 0.685. The number of rotatable bonds is 1. The van der Waals surface area contributed by atoms with E-state index < -0.39 is 0 Å². The third-order valence-electron chi connectivity index (χ3n) is 3.44. The van der Waals surface area contributed by atoms with Crippen molar-refractivity contribution < 1.29 is 4.79 Å². The van der Waals surface area contributed by atoms with Crippen LogP contribution < -0.4 is 5.32 Å². The second-order valence-corrected chi connectivity index (χ2v) is 5.53. The molecule has 90 valence electrons. The number of carbonyl (C=O) groups is 1. The molecule has 1 aliphatic carbocycles. The first-order valence-electron chi connectivity index (χ1n) is 5.64. The van der Waals surface area contributed by atoms with E-state index in [1.165, 1.54) is 6.42 Å². The molecule has 1 aromatic carbocycles. The van der Waals surface area contributed by atoms with E-state index >= 15 is 0 Å². The van der Waals surface area contributed by atoms with E-state index in [9.17, 15) is 4.79 Å². The summed E-state index contributed by atoms with van der Waals surface area (Å²) in [7, 11) is 0. The topological polar surface area (TPSA) is 32.3 Å². The molecule has 17 heavy (non-hydrogen) atoms. The highest BCUT2D eigenvalue weighted by Gasteiger charge is 2.46. The number of carbonyl (C=O) groups excluding carboxylic acids is 1. The molecule has 1 aliphatic heterocycles. The molecule has 2 atom stereocenters. The molecule has 3 nitrogen and oxygen atoms in total. The zero-order valence-electron chi connectivity index (χ0n) is 9.12. The number of amides is 2. The highest BCUT2D eigenvalue weighted by molar-refractivity contribution is 6.42. The van der Waals surface area contributed by atoms with Gasteiger partial charge in [0.25, 0.3) is 0 Å². The van der Waals surface area contributed by atoms with Gasteiger partial charge in [-0.1, -0.05) is 23.2 Å². The van der Waals surface area contributed by atoms with Gasteiger partial charge >= 0.3 is 6.03 Å². The van der Waals surface area contributed by atoms with E-state index in [-0.39, 0.29) is 6.03 Å². The molecule has 2 fully saturated rings. The van der Waals surface area contributed by atoms with Crippen LogP contribution in [-0.2, 0) is 0 Å². The molecule has 0 bridgehead atoms. The van der Waals surface area contributed by atoms with E-state index in [1.54, 1.807) is 18.2 Å². The van der Waals surface area contributed by atoms with Gasteiger partial charge in [0.1, 0.15) is 0 Å². The quantitative estimate of drug-likeness (QED) is 0.833. The summed E-state index contributed by atoms with van der Waals surface area (Å²) >= 11 is 11.7. The van der Waals surface area contributed by atoms with Crippen LogP contribution in [0, 0.1) is 11.8 Å². The molecule has 0 spiro atoms. The van der Waals surface area contributed by atoms with E-state index in [1.807, 2.05) is 4.90 Å². The fourth-order valence-corrected chi connectivity index (χ4v) is 2.64. The van der Waals surface area contributed by atoms with Crippen molar-refractivity contribution in [2.24, 2.45) is 11.8 Å². The number of urea groups is 1. The predicted octanol–water partition coefficient (Wildman–Crippen LogP) is 3.48. The summed E-state index contributed by atoms with van der Waals surface area (Å²) in [5.74, 6) is 1.49. The number of likely N-dealkylation sites (tertiary alicyclic amines) is 1. The minimum Gasteiger partial charge on any atom is -0.324 e. The summed E-state index contributed by atoms with van der Waals surface area (Å²) in [6.45, 7) is 1.77. The van der Waals surface area contributed by atoms with Gasteiger partial charge < -0.3 is 10.2 Å². The summed E-state index contributed by atoms with van der Waals surface area (Å²) < 4.78 is 0. The standard InChI is InChI=1S/C12H12Cl2N2O/c13-10-2-1-9(4-11(10)14)15-12(17)16-5-7-3-8(7)6-16/h1-2,4,7-8H,3,5-6H2,(H,15,17). The fourth-order valence-electron chi connectivity index (χ4n) is 2.34. The number of benzene rings is 1. The molecule has 1 aromatic rings. The monoisotopic (exact) mass is 270 g/mol. The minimum atomic E-state index is -0.0458. The third-order valence-corrected chi connectivity index (χ3v) is 4.18. The van der Waals surface area contributed by atoms with Gasteiger partial charge in [-0.15, -0.1) is 0 Å². The van der Waals surface area contributed by atoms with Crippen LogP contribution in [0.5, 0.6) is 0 Å². The molecule has 3 rings (SSSR count). The lowest BCUT2D eigenvalue weighted by molar-refractivity contribution is 0.217. The lowest BCUT2D eigenvalue weighted by Crippen LogP contribution is -2.34. The van der Waals surface area contributed by atoms with Crippen molar-refractivity contribution in [2.75, 3.05) is 18.4 Å². The van der Waals surface area contributed by atoms with Crippen molar-refractivity contribution in [1.29, 1.82) is 0 Å². The molecule has 1 N–H and O–H groups in total. The third kappa shape index (κ3) is 2.22. The molecule has 1 saturated heterocycles. The van der Waals surface area contributed by atoms with Crippen molar-refractivity contribution in [1.82, 2.24) is 4.90 Å². The number of halogens is 2. The lowest BCUT2D eigenvalue weighted by atomic mass is 10.3. The van der Waals surface area contributed by atoms with Crippen molar-refractivity contribution >= 4 is 34.9 Å². The van der Waals surface area contributed by atoms with Crippen LogP contribution in [0.15, 0.2) is 18.2 Å². The van der Waals surface area contributed by atoms with Crippen molar-refractivity contribution in [3.63, 3.8) is 0 Å². The molecule has 2 aliphatic rings. The minimum absolute atomic E-state index is 0.0458. The van der Waals surface area contributed by atoms with E-state index in [0.29, 0.717) is 15.7 Å². The van der Waals surface area contributed by atoms with Crippen LogP contribution in [-0.4, -0.2) is 24.0 Å². The van der Waals surface area contributed by atoms with Gasteiger partial charge in [-0.25, -0.2) is 4.79 Å². The van der Waals surface area contributed by atoms with E-state index in [4.69, 9.17) is 23.2 Å². The van der Waals surface area contributed by atoms with Crippen LogP contribution in [0.1, 0.15) is 6.42 Å². The zero-order valence-corrected chi connectivity index (χ0v) is 10.6. The average Bonchev–Trinajstić information content (AvgIpc) is 2.91. The van der Waals surface area contributed by atoms with Gasteiger partial charge in [0.05, 0.1) is 10.0 Å². The van der Waals surface area contributed by atoms with Gasteiger partial charge in [0.15, 0.2) is 0 Å². The van der Waals surface area contributed by atoms with Gasteiger partial charge in [0.2, 0.25) is 0 Å². The Morgan fingerprint density at radius 3 is 2.59 bits per heavy atom. The number of hydrogen-bond donors (Lipinski definition) is 1. The highest BCUT2D eigenvalue weighted by Crippen LogP contribution is 2.44. The first-order valence-corrected chi connectivity index (χ1v) is 6.40. The summed E-state index contributed by atoms with van der Waals surface area (Å²) in [5, 5.41) is 3.78. The highest BCUT2D eigenvalue weighted by atomic mass is 35.5. The normalized spacial score (nSPS) is 25.6. The Hall–Kier alpha value is -0.930. The fraction of sp³-hybridized carbons (Fsp3) is 0.417. The maximum Gasteiger partial charge on any atom is 0.321 e. The Kier molecular flexibility index (Phi) is 2.68. The second kappa shape index (κ2) is 4.07. The second-order valence-electron chi connectivity index (χ2n) is 4.72. The van der Waals surface area contributed by atoms with Gasteiger partial charge in [-0.2, -0.15) is 0 Å². The SMILES string of the molecule is O=C(Nc1ccc(Cl)c(Cl)c1)N1CC2CC2C1. The number of anilines is 1. The number of nitrogens with zero attached hydrogens (tertiary/aromatic N) is 1. The predicted molar refractivity (Wildman–Crippen MR) is 68.7 cm³/mol. The molecule has 2 amide bonds. The number of hydrogen-bond acceptors (Lipinski definition) is 1. The summed E-state index contributed by atoms with van der Waals surface area (Å²) in [6.07, 6.45) is 1.29. The molecule has 0 radical (unpaired) electrons. The first kappa shape index (κ1) is 11.2. The van der Waals surface area contributed by atoms with Crippen molar-refractivity contribution in [3.8, 4) is 0 Å². The van der Waals surface area contributed by atoms with E-state index in [2.05, 4.69) is 5.32 Å². The number of piperidine rings is 1. The Bertz CT molecular complexity index is 468. The molecular weight excluding hydrogens is 259 g/mol. The Labute approximate surface area is 110 Å². The molecule has 1 heterocycles. The Morgan fingerprint density at radius 2 is 1.94 bits per heavy atom. The molecule has 5 heteroatoms. The van der Waals surface area contributed by atoms with Gasteiger partial charge in [-0.3, -0.25) is 0 Å². The number of fused-ring (bicyclic) bond motifs is 1. The van der Waals surface area contributed by atoms with Crippen LogP contribution in [0.4, 0.5) is 10.5 Å². The van der Waals surface area contributed by atoms with Crippen LogP contribution >= 0.6 is 23.2 Å². The van der Waals surface area contributed by atoms with Crippen LogP contribution in [0.3, 0.4) is 0 Å². The molecule has 0 aromatic heterocycles. The lowest BCUT2D eigenvalue weighted by Gasteiger charge is -2.18. The zero-order chi connectivity index (χ0) is 12.0. The van der Waals surface area contributed by atoms with Gasteiger partial charge in [0, 0.05) is 18.8 Å². The molecular formula is C12H12Cl2N2O. The summed E-state index contributed by atoms with van der Waals surface area (Å²) in [6, 6.07) is 5.05. The maximum atomic E-state index is 11.9. The summed E-state index contributed by atoms with van der Waals surface area (Å²) in [4.78, 5) is 13.8. The maximum absolute atomic E-state index is 11.9. The number of nitrogens with one attached hydrogen (secondary N) is 1. The largest absolute Gasteiger partial charge is 0.324 e. The Balaban J connectivity index is 1.65. The molecule has 2 unspecified atom stereocenters. The van der Waals surface area contributed by atoms with Crippen LogP contribution in [0.2, 0.25) is 10.0 Å². The molecule has 1 saturated carbocycles. The first-order chi connectivity index (χ1) is 8.13. The van der Waals surface area contributed by atoms with Crippen molar-refractivity contribution in [3.05, 3.63) is 28.2 Å². The Morgan fingerprint density at radius 1 is 1.24 bits per heavy atom. The van der Waals surface area contributed by atoms with Gasteiger partial charge in [-0.05, 0) is 36.5 Å². The van der Waals surface area contributed by atoms with Crippen LogP contribution in [0.25, 0.3) is 0 Å². The average molecular weight is 271 g/mol. The van der Waals surface area contributed by atoms with E-state index in [0.717, 1.165) is 24.9 Å². The van der Waals surface area contributed by atoms with Crippen molar-refractivity contribution in [2.45, 2.75) is 6.42 Å². The smallest absolute Gasteiger partial charge is 0.321 e.